The van der Waals surface area contributed by atoms with Crippen molar-refractivity contribution < 1.29 is 0 Å². The molecule has 0 bridgehead atoms. The van der Waals surface area contributed by atoms with Crippen molar-refractivity contribution in [3.8, 4) is 11.4 Å². The van der Waals surface area contributed by atoms with Crippen LogP contribution in [0.4, 0.5) is 0 Å². The van der Waals surface area contributed by atoms with Crippen molar-refractivity contribution in [2.45, 2.75) is 27.7 Å². The van der Waals surface area contributed by atoms with Gasteiger partial charge in [0.2, 0.25) is 0 Å². The van der Waals surface area contributed by atoms with Crippen LogP contribution in [-0.2, 0) is 0 Å². The molecule has 0 aliphatic rings. The van der Waals surface area contributed by atoms with Gasteiger partial charge in [0.05, 0.1) is 22.1 Å². The molecule has 7 rings (SSSR count). The van der Waals surface area contributed by atoms with Crippen molar-refractivity contribution in [1.29, 1.82) is 0 Å². The number of rotatable bonds is 2. The van der Waals surface area contributed by atoms with Crippen LogP contribution in [0.25, 0.3) is 55.0 Å². The van der Waals surface area contributed by atoms with Gasteiger partial charge in [-0.25, -0.2) is 0 Å². The minimum Gasteiger partial charge on any atom is -0.309 e. The van der Waals surface area contributed by atoms with Gasteiger partial charge in [-0.05, 0) is 100 Å². The first-order valence-electron chi connectivity index (χ1n) is 12.6. The first-order valence-corrected chi connectivity index (χ1v) is 12.6. The second-order valence-electron chi connectivity index (χ2n) is 10.3. The smallest absolute Gasteiger partial charge is 0.0541 e. The summed E-state index contributed by atoms with van der Waals surface area (Å²) in [7, 11) is 0. The van der Waals surface area contributed by atoms with E-state index in [1.165, 1.54) is 77.2 Å². The highest BCUT2D eigenvalue weighted by Gasteiger charge is 2.15. The molecular weight excluding hydrogens is 436 g/mol. The summed E-state index contributed by atoms with van der Waals surface area (Å²) in [5.41, 5.74) is 12.5. The standard InChI is InChI=1S/C34H28N2/c1-21-5-13-31-27(17-21)28-18-22(2)6-14-32(28)35(31)25-9-11-26(12-10-25)36-33-15-7-23(3)19-29(33)30-20-24(4)8-16-34(30)36/h5-20H,1-4H3. The molecule has 0 spiro atoms. The van der Waals surface area contributed by atoms with Gasteiger partial charge in [-0.3, -0.25) is 0 Å². The molecule has 0 fully saturated rings. The van der Waals surface area contributed by atoms with E-state index in [4.69, 9.17) is 0 Å². The summed E-state index contributed by atoms with van der Waals surface area (Å²) >= 11 is 0. The van der Waals surface area contributed by atoms with E-state index >= 15 is 0 Å². The second-order valence-corrected chi connectivity index (χ2v) is 10.3. The number of hydrogen-bond donors (Lipinski definition) is 0. The minimum atomic E-state index is 1.18. The van der Waals surface area contributed by atoms with Crippen molar-refractivity contribution in [3.05, 3.63) is 119 Å². The van der Waals surface area contributed by atoms with Gasteiger partial charge in [0.1, 0.15) is 0 Å². The lowest BCUT2D eigenvalue weighted by Gasteiger charge is -2.12. The SMILES string of the molecule is Cc1ccc2c(c1)c1cc(C)ccc1n2-c1ccc(-n2c3ccc(C)cc3c3cc(C)ccc32)cc1. The summed E-state index contributed by atoms with van der Waals surface area (Å²) in [5, 5.41) is 5.24. The van der Waals surface area contributed by atoms with Gasteiger partial charge in [-0.2, -0.15) is 0 Å². The Balaban J connectivity index is 1.46. The Bertz CT molecular complexity index is 1700. The van der Waals surface area contributed by atoms with Crippen LogP contribution in [0.3, 0.4) is 0 Å². The third-order valence-corrected chi connectivity index (χ3v) is 7.52. The van der Waals surface area contributed by atoms with Gasteiger partial charge in [0.25, 0.3) is 0 Å². The van der Waals surface area contributed by atoms with E-state index < -0.39 is 0 Å². The zero-order chi connectivity index (χ0) is 24.6. The van der Waals surface area contributed by atoms with E-state index in [1.807, 2.05) is 0 Å². The average molecular weight is 465 g/mol. The lowest BCUT2D eigenvalue weighted by Crippen LogP contribution is -1.97. The molecule has 0 aliphatic carbocycles. The molecule has 0 saturated heterocycles. The lowest BCUT2D eigenvalue weighted by molar-refractivity contribution is 1.14. The van der Waals surface area contributed by atoms with E-state index in [-0.39, 0.29) is 0 Å². The van der Waals surface area contributed by atoms with Crippen LogP contribution in [0.1, 0.15) is 22.3 Å². The van der Waals surface area contributed by atoms with Crippen molar-refractivity contribution in [1.82, 2.24) is 9.13 Å². The molecule has 2 heteroatoms. The molecule has 7 aromatic rings. The fourth-order valence-corrected chi connectivity index (χ4v) is 5.81. The fraction of sp³-hybridized carbons (Fsp3) is 0.118. The van der Waals surface area contributed by atoms with Gasteiger partial charge in [-0.1, -0.05) is 46.5 Å². The summed E-state index contributed by atoms with van der Waals surface area (Å²) in [6, 6.07) is 36.1. The first-order chi connectivity index (χ1) is 17.5. The number of nitrogens with zero attached hydrogens (tertiary/aromatic N) is 2. The molecule has 36 heavy (non-hydrogen) atoms. The van der Waals surface area contributed by atoms with Crippen LogP contribution in [-0.4, -0.2) is 9.13 Å². The first kappa shape index (κ1) is 21.0. The Labute approximate surface area is 211 Å². The van der Waals surface area contributed by atoms with Crippen LogP contribution in [0.2, 0.25) is 0 Å². The fourth-order valence-electron chi connectivity index (χ4n) is 5.81. The highest BCUT2D eigenvalue weighted by Crippen LogP contribution is 2.36. The van der Waals surface area contributed by atoms with Crippen molar-refractivity contribution in [2.75, 3.05) is 0 Å². The third kappa shape index (κ3) is 3.04. The Morgan fingerprint density at radius 3 is 0.833 bits per heavy atom. The number of aryl methyl sites for hydroxylation is 4. The van der Waals surface area contributed by atoms with Gasteiger partial charge in [0.15, 0.2) is 0 Å². The van der Waals surface area contributed by atoms with Crippen molar-refractivity contribution in [3.63, 3.8) is 0 Å². The molecule has 2 nitrogen and oxygen atoms in total. The maximum absolute atomic E-state index is 2.39. The minimum absolute atomic E-state index is 1.18. The zero-order valence-corrected chi connectivity index (χ0v) is 21.1. The molecule has 2 heterocycles. The molecule has 0 amide bonds. The van der Waals surface area contributed by atoms with Crippen LogP contribution in [0.5, 0.6) is 0 Å². The predicted molar refractivity (Wildman–Crippen MR) is 154 cm³/mol. The Morgan fingerprint density at radius 1 is 0.333 bits per heavy atom. The summed E-state index contributed by atoms with van der Waals surface area (Å²) in [5.74, 6) is 0. The predicted octanol–water partition coefficient (Wildman–Crippen LogP) is 9.11. The maximum atomic E-state index is 2.39. The van der Waals surface area contributed by atoms with E-state index in [9.17, 15) is 0 Å². The highest BCUT2D eigenvalue weighted by molar-refractivity contribution is 6.10. The topological polar surface area (TPSA) is 9.86 Å². The van der Waals surface area contributed by atoms with Crippen LogP contribution < -0.4 is 0 Å². The Hall–Kier alpha value is -4.30. The summed E-state index contributed by atoms with van der Waals surface area (Å²) in [6.07, 6.45) is 0. The van der Waals surface area contributed by atoms with E-state index in [1.54, 1.807) is 0 Å². The molecule has 174 valence electrons. The number of aromatic nitrogens is 2. The number of benzene rings is 5. The molecular formula is C34H28N2. The van der Waals surface area contributed by atoms with Gasteiger partial charge >= 0.3 is 0 Å². The second kappa shape index (κ2) is 7.60. The highest BCUT2D eigenvalue weighted by atomic mass is 15.0. The van der Waals surface area contributed by atoms with Crippen molar-refractivity contribution >= 4 is 43.6 Å². The Morgan fingerprint density at radius 2 is 0.583 bits per heavy atom. The number of fused-ring (bicyclic) bond motifs is 6. The zero-order valence-electron chi connectivity index (χ0n) is 21.1. The molecule has 5 aromatic carbocycles. The summed E-state index contributed by atoms with van der Waals surface area (Å²) < 4.78 is 4.79. The molecule has 0 radical (unpaired) electrons. The van der Waals surface area contributed by atoms with Crippen LogP contribution >= 0.6 is 0 Å². The van der Waals surface area contributed by atoms with Gasteiger partial charge < -0.3 is 9.13 Å². The number of hydrogen-bond acceptors (Lipinski definition) is 0. The maximum Gasteiger partial charge on any atom is 0.0541 e. The van der Waals surface area contributed by atoms with E-state index in [0.29, 0.717) is 0 Å². The van der Waals surface area contributed by atoms with Gasteiger partial charge in [-0.15, -0.1) is 0 Å². The normalized spacial score (nSPS) is 11.9. The molecule has 0 atom stereocenters. The molecule has 2 aromatic heterocycles. The van der Waals surface area contributed by atoms with Crippen molar-refractivity contribution in [2.24, 2.45) is 0 Å². The third-order valence-electron chi connectivity index (χ3n) is 7.52. The Kier molecular flexibility index (Phi) is 4.44. The lowest BCUT2D eigenvalue weighted by atomic mass is 10.1. The molecule has 0 saturated carbocycles. The van der Waals surface area contributed by atoms with E-state index in [0.717, 1.165) is 0 Å². The summed E-state index contributed by atoms with van der Waals surface area (Å²) in [6.45, 7) is 8.67. The molecule has 0 aliphatic heterocycles. The molecule has 0 unspecified atom stereocenters. The van der Waals surface area contributed by atoms with Crippen LogP contribution in [0, 0.1) is 27.7 Å². The molecule has 0 N–H and O–H groups in total. The van der Waals surface area contributed by atoms with E-state index in [2.05, 4.69) is 134 Å². The van der Waals surface area contributed by atoms with Crippen LogP contribution in [0.15, 0.2) is 97.1 Å². The average Bonchev–Trinajstić information content (AvgIpc) is 3.35. The largest absolute Gasteiger partial charge is 0.309 e. The van der Waals surface area contributed by atoms with Gasteiger partial charge in [0, 0.05) is 32.9 Å². The quantitative estimate of drug-likeness (QED) is 0.241. The summed E-state index contributed by atoms with van der Waals surface area (Å²) in [4.78, 5) is 0. The monoisotopic (exact) mass is 464 g/mol.